The number of rotatable bonds is 2. The van der Waals surface area contributed by atoms with Gasteiger partial charge in [-0.3, -0.25) is 0 Å². The lowest BCUT2D eigenvalue weighted by molar-refractivity contribution is 0.0688. The SMILES string of the molecule is Cc1nc(C(=O)O)c2n1CCN(S(C)(=O)=O)C2. The van der Waals surface area contributed by atoms with Gasteiger partial charge in [-0.2, -0.15) is 4.31 Å². The van der Waals surface area contributed by atoms with E-state index in [0.29, 0.717) is 24.6 Å². The highest BCUT2D eigenvalue weighted by Gasteiger charge is 2.29. The van der Waals surface area contributed by atoms with Gasteiger partial charge in [0.1, 0.15) is 5.82 Å². The summed E-state index contributed by atoms with van der Waals surface area (Å²) in [6, 6.07) is 0. The first-order chi connectivity index (χ1) is 7.80. The molecule has 0 radical (unpaired) electrons. The van der Waals surface area contributed by atoms with Gasteiger partial charge in [0.2, 0.25) is 10.0 Å². The van der Waals surface area contributed by atoms with Gasteiger partial charge in [0.25, 0.3) is 0 Å². The van der Waals surface area contributed by atoms with Crippen LogP contribution in [0.2, 0.25) is 0 Å². The molecule has 1 aliphatic rings. The predicted octanol–water partition coefficient (Wildman–Crippen LogP) is -0.335. The number of aromatic nitrogens is 2. The van der Waals surface area contributed by atoms with Crippen LogP contribution in [-0.2, 0) is 23.1 Å². The minimum atomic E-state index is -3.30. The van der Waals surface area contributed by atoms with Crippen molar-refractivity contribution in [3.8, 4) is 0 Å². The molecule has 0 aliphatic carbocycles. The van der Waals surface area contributed by atoms with E-state index in [1.54, 1.807) is 11.5 Å². The van der Waals surface area contributed by atoms with Crippen LogP contribution in [0.4, 0.5) is 0 Å². The van der Waals surface area contributed by atoms with Gasteiger partial charge in [0.05, 0.1) is 18.5 Å². The number of sulfonamides is 1. The molecule has 0 saturated heterocycles. The van der Waals surface area contributed by atoms with E-state index in [2.05, 4.69) is 4.98 Å². The fourth-order valence-corrected chi connectivity index (χ4v) is 2.75. The Hall–Kier alpha value is -1.41. The molecule has 0 spiro atoms. The third-order valence-corrected chi connectivity index (χ3v) is 4.08. The van der Waals surface area contributed by atoms with Crippen LogP contribution in [-0.4, -0.2) is 46.2 Å². The maximum atomic E-state index is 11.4. The van der Waals surface area contributed by atoms with Gasteiger partial charge in [-0.05, 0) is 6.92 Å². The van der Waals surface area contributed by atoms with E-state index in [4.69, 9.17) is 5.11 Å². The Bertz CT molecular complexity index is 575. The average Bonchev–Trinajstić information content (AvgIpc) is 2.54. The Labute approximate surface area is 98.7 Å². The minimum absolute atomic E-state index is 0.0594. The number of fused-ring (bicyclic) bond motifs is 1. The molecule has 1 aromatic heterocycles. The minimum Gasteiger partial charge on any atom is -0.476 e. The second-order valence-corrected chi connectivity index (χ2v) is 5.99. The number of imidazole rings is 1. The van der Waals surface area contributed by atoms with Gasteiger partial charge < -0.3 is 9.67 Å². The Kier molecular flexibility index (Phi) is 2.70. The van der Waals surface area contributed by atoms with Crippen molar-refractivity contribution in [1.29, 1.82) is 0 Å². The largest absolute Gasteiger partial charge is 0.476 e. The number of hydrogen-bond donors (Lipinski definition) is 1. The fraction of sp³-hybridized carbons (Fsp3) is 0.556. The molecular formula is C9H13N3O4S. The Balaban J connectivity index is 2.46. The molecule has 94 valence electrons. The first-order valence-electron chi connectivity index (χ1n) is 5.05. The molecule has 0 bridgehead atoms. The van der Waals surface area contributed by atoms with E-state index in [9.17, 15) is 13.2 Å². The molecule has 1 aliphatic heterocycles. The van der Waals surface area contributed by atoms with Crippen molar-refractivity contribution in [2.45, 2.75) is 20.0 Å². The Morgan fingerprint density at radius 2 is 2.06 bits per heavy atom. The summed E-state index contributed by atoms with van der Waals surface area (Å²) >= 11 is 0. The van der Waals surface area contributed by atoms with Gasteiger partial charge in [0.15, 0.2) is 5.69 Å². The van der Waals surface area contributed by atoms with Crippen molar-refractivity contribution in [3.63, 3.8) is 0 Å². The van der Waals surface area contributed by atoms with Crippen LogP contribution in [0.15, 0.2) is 0 Å². The number of aromatic carboxylic acids is 1. The van der Waals surface area contributed by atoms with Crippen LogP contribution in [0.3, 0.4) is 0 Å². The lowest BCUT2D eigenvalue weighted by atomic mass is 10.3. The van der Waals surface area contributed by atoms with E-state index in [-0.39, 0.29) is 12.2 Å². The first-order valence-corrected chi connectivity index (χ1v) is 6.90. The van der Waals surface area contributed by atoms with Crippen LogP contribution in [0.1, 0.15) is 22.0 Å². The molecule has 0 fully saturated rings. The summed E-state index contributed by atoms with van der Waals surface area (Å²) in [6.07, 6.45) is 1.12. The smallest absolute Gasteiger partial charge is 0.356 e. The normalized spacial score (nSPS) is 16.8. The third kappa shape index (κ3) is 2.05. The summed E-state index contributed by atoms with van der Waals surface area (Å²) in [5.74, 6) is -0.525. The zero-order chi connectivity index (χ0) is 12.8. The van der Waals surface area contributed by atoms with Gasteiger partial charge in [-0.15, -0.1) is 0 Å². The quantitative estimate of drug-likeness (QED) is 0.784. The number of carboxylic acid groups (broad SMARTS) is 1. The second kappa shape index (κ2) is 3.81. The van der Waals surface area contributed by atoms with Crippen LogP contribution in [0, 0.1) is 6.92 Å². The summed E-state index contributed by atoms with van der Waals surface area (Å²) in [6.45, 7) is 2.57. The Morgan fingerprint density at radius 3 is 2.59 bits per heavy atom. The van der Waals surface area contributed by atoms with Crippen molar-refractivity contribution in [3.05, 3.63) is 17.2 Å². The van der Waals surface area contributed by atoms with Crippen LogP contribution >= 0.6 is 0 Å². The van der Waals surface area contributed by atoms with Crippen LogP contribution in [0.5, 0.6) is 0 Å². The molecule has 0 amide bonds. The van der Waals surface area contributed by atoms with Gasteiger partial charge in [-0.1, -0.05) is 0 Å². The van der Waals surface area contributed by atoms with E-state index in [1.807, 2.05) is 0 Å². The zero-order valence-electron chi connectivity index (χ0n) is 9.54. The standard InChI is InChI=1S/C9H13N3O4S/c1-6-10-8(9(13)14)7-5-11(17(2,15)16)3-4-12(6)7/h3-5H2,1-2H3,(H,13,14). The average molecular weight is 259 g/mol. The maximum absolute atomic E-state index is 11.4. The summed E-state index contributed by atoms with van der Waals surface area (Å²) < 4.78 is 25.9. The van der Waals surface area contributed by atoms with Crippen molar-refractivity contribution in [2.75, 3.05) is 12.8 Å². The zero-order valence-corrected chi connectivity index (χ0v) is 10.4. The molecule has 0 aromatic carbocycles. The lowest BCUT2D eigenvalue weighted by Crippen LogP contribution is -2.38. The van der Waals surface area contributed by atoms with Gasteiger partial charge in [-0.25, -0.2) is 18.2 Å². The number of nitrogens with zero attached hydrogens (tertiary/aromatic N) is 3. The fourth-order valence-electron chi connectivity index (χ4n) is 1.98. The molecule has 7 nitrogen and oxygen atoms in total. The number of hydrogen-bond acceptors (Lipinski definition) is 4. The van der Waals surface area contributed by atoms with Crippen molar-refractivity contribution < 1.29 is 18.3 Å². The van der Waals surface area contributed by atoms with E-state index in [1.165, 1.54) is 4.31 Å². The molecule has 1 N–H and O–H groups in total. The molecule has 0 saturated carbocycles. The molecule has 8 heteroatoms. The summed E-state index contributed by atoms with van der Waals surface area (Å²) in [5.41, 5.74) is 0.391. The molecule has 1 aromatic rings. The topological polar surface area (TPSA) is 92.5 Å². The maximum Gasteiger partial charge on any atom is 0.356 e. The van der Waals surface area contributed by atoms with Gasteiger partial charge >= 0.3 is 5.97 Å². The number of aryl methyl sites for hydroxylation is 1. The highest BCUT2D eigenvalue weighted by atomic mass is 32.2. The Morgan fingerprint density at radius 1 is 1.41 bits per heavy atom. The molecule has 17 heavy (non-hydrogen) atoms. The summed E-state index contributed by atoms with van der Waals surface area (Å²) in [4.78, 5) is 14.9. The number of carbonyl (C=O) groups is 1. The summed E-state index contributed by atoms with van der Waals surface area (Å²) in [5, 5.41) is 9.00. The third-order valence-electron chi connectivity index (χ3n) is 2.83. The molecule has 0 unspecified atom stereocenters. The number of carboxylic acids is 1. The van der Waals surface area contributed by atoms with Crippen molar-refractivity contribution in [2.24, 2.45) is 0 Å². The van der Waals surface area contributed by atoms with E-state index in [0.717, 1.165) is 6.26 Å². The summed E-state index contributed by atoms with van der Waals surface area (Å²) in [7, 11) is -3.30. The van der Waals surface area contributed by atoms with Crippen molar-refractivity contribution >= 4 is 16.0 Å². The van der Waals surface area contributed by atoms with Crippen molar-refractivity contribution in [1.82, 2.24) is 13.9 Å². The molecular weight excluding hydrogens is 246 g/mol. The highest BCUT2D eigenvalue weighted by Crippen LogP contribution is 2.20. The highest BCUT2D eigenvalue weighted by molar-refractivity contribution is 7.88. The second-order valence-electron chi connectivity index (χ2n) is 4.01. The molecule has 0 atom stereocenters. The predicted molar refractivity (Wildman–Crippen MR) is 59.2 cm³/mol. The van der Waals surface area contributed by atoms with E-state index < -0.39 is 16.0 Å². The van der Waals surface area contributed by atoms with Crippen LogP contribution in [0.25, 0.3) is 0 Å². The van der Waals surface area contributed by atoms with Crippen LogP contribution < -0.4 is 0 Å². The first kappa shape index (κ1) is 12.1. The molecule has 2 heterocycles. The van der Waals surface area contributed by atoms with E-state index >= 15 is 0 Å². The molecule has 2 rings (SSSR count). The lowest BCUT2D eigenvalue weighted by Gasteiger charge is -2.26. The monoisotopic (exact) mass is 259 g/mol. The van der Waals surface area contributed by atoms with Gasteiger partial charge in [0, 0.05) is 13.1 Å².